The van der Waals surface area contributed by atoms with Gasteiger partial charge in [0.05, 0.1) is 11.7 Å². The van der Waals surface area contributed by atoms with Crippen LogP contribution in [0.15, 0.2) is 17.5 Å². The first-order valence-corrected chi connectivity index (χ1v) is 9.16. The molecule has 2 aromatic rings. The number of aromatic nitrogens is 2. The van der Waals surface area contributed by atoms with Gasteiger partial charge in [0.1, 0.15) is 5.82 Å². The van der Waals surface area contributed by atoms with Gasteiger partial charge in [0, 0.05) is 30.6 Å². The summed E-state index contributed by atoms with van der Waals surface area (Å²) in [7, 11) is 1.90. The van der Waals surface area contributed by atoms with Gasteiger partial charge in [0.2, 0.25) is 5.91 Å². The van der Waals surface area contributed by atoms with E-state index in [-0.39, 0.29) is 11.9 Å². The van der Waals surface area contributed by atoms with Gasteiger partial charge < -0.3 is 0 Å². The van der Waals surface area contributed by atoms with Crippen molar-refractivity contribution in [3.05, 3.63) is 33.6 Å². The fraction of sp³-hybridized carbons (Fsp3) is 0.529. The molecule has 2 aliphatic rings. The van der Waals surface area contributed by atoms with E-state index in [1.165, 1.54) is 23.3 Å². The van der Waals surface area contributed by atoms with Crippen LogP contribution in [0.25, 0.3) is 0 Å². The van der Waals surface area contributed by atoms with Crippen LogP contribution in [0.4, 0.5) is 5.82 Å². The van der Waals surface area contributed by atoms with E-state index >= 15 is 0 Å². The van der Waals surface area contributed by atoms with Crippen molar-refractivity contribution in [3.63, 3.8) is 0 Å². The van der Waals surface area contributed by atoms with Crippen LogP contribution in [-0.2, 0) is 18.3 Å². The number of amides is 1. The Morgan fingerprint density at radius 3 is 3.00 bits per heavy atom. The van der Waals surface area contributed by atoms with Crippen molar-refractivity contribution in [1.29, 1.82) is 0 Å². The van der Waals surface area contributed by atoms with Gasteiger partial charge in [-0.2, -0.15) is 5.10 Å². The number of thiophene rings is 1. The maximum atomic E-state index is 12.8. The Morgan fingerprint density at radius 2 is 2.22 bits per heavy atom. The van der Waals surface area contributed by atoms with Crippen molar-refractivity contribution in [1.82, 2.24) is 15.1 Å². The molecule has 3 heterocycles. The van der Waals surface area contributed by atoms with Crippen LogP contribution in [0.3, 0.4) is 0 Å². The van der Waals surface area contributed by atoms with Crippen LogP contribution in [0.2, 0.25) is 0 Å². The van der Waals surface area contributed by atoms with Crippen LogP contribution < -0.4 is 10.2 Å². The van der Waals surface area contributed by atoms with Crippen LogP contribution in [0.5, 0.6) is 0 Å². The van der Waals surface area contributed by atoms with Crippen molar-refractivity contribution in [3.8, 4) is 0 Å². The Kier molecular flexibility index (Phi) is 3.73. The molecule has 1 amide bonds. The second kappa shape index (κ2) is 5.76. The van der Waals surface area contributed by atoms with Crippen LogP contribution in [0, 0.1) is 6.92 Å². The van der Waals surface area contributed by atoms with Gasteiger partial charge in [-0.3, -0.25) is 19.7 Å². The molecule has 1 N–H and O–H groups in total. The highest BCUT2D eigenvalue weighted by atomic mass is 32.1. The van der Waals surface area contributed by atoms with Crippen molar-refractivity contribution < 1.29 is 4.79 Å². The Hall–Kier alpha value is -1.66. The lowest BCUT2D eigenvalue weighted by atomic mass is 9.93. The second-order valence-electron chi connectivity index (χ2n) is 6.51. The first-order chi connectivity index (χ1) is 11.1. The number of hydrogen-bond acceptors (Lipinski definition) is 4. The summed E-state index contributed by atoms with van der Waals surface area (Å²) in [5.41, 5.74) is 2.35. The summed E-state index contributed by atoms with van der Waals surface area (Å²) in [6.07, 6.45) is 4.37. The molecule has 0 bridgehead atoms. The van der Waals surface area contributed by atoms with E-state index in [0.29, 0.717) is 6.04 Å². The molecule has 122 valence electrons. The molecule has 0 saturated carbocycles. The summed E-state index contributed by atoms with van der Waals surface area (Å²) >= 11 is 1.84. The largest absolute Gasteiger partial charge is 0.299 e. The smallest absolute Gasteiger partial charge is 0.245 e. The molecule has 23 heavy (non-hydrogen) atoms. The molecule has 1 fully saturated rings. The van der Waals surface area contributed by atoms with Gasteiger partial charge in [-0.1, -0.05) is 0 Å². The summed E-state index contributed by atoms with van der Waals surface area (Å²) < 4.78 is 1.80. The zero-order chi connectivity index (χ0) is 16.0. The number of nitrogens with zero attached hydrogens (tertiary/aromatic N) is 3. The number of rotatable bonds is 3. The van der Waals surface area contributed by atoms with Crippen LogP contribution in [-0.4, -0.2) is 28.3 Å². The molecule has 1 saturated heterocycles. The number of nitrogens with one attached hydrogen (secondary N) is 1. The number of carbonyl (C=O) groups excluding carboxylic acids is 1. The van der Waals surface area contributed by atoms with Crippen molar-refractivity contribution in [2.45, 2.75) is 44.7 Å². The Morgan fingerprint density at radius 1 is 1.35 bits per heavy atom. The fourth-order valence-corrected chi connectivity index (χ4v) is 4.80. The van der Waals surface area contributed by atoms with Gasteiger partial charge in [0.15, 0.2) is 0 Å². The van der Waals surface area contributed by atoms with E-state index in [1.54, 1.807) is 4.68 Å². The average Bonchev–Trinajstić information content (AvgIpc) is 3.20. The van der Waals surface area contributed by atoms with Gasteiger partial charge in [-0.15, -0.1) is 11.3 Å². The topological polar surface area (TPSA) is 50.2 Å². The molecule has 0 unspecified atom stereocenters. The monoisotopic (exact) mass is 330 g/mol. The van der Waals surface area contributed by atoms with Crippen LogP contribution >= 0.6 is 11.3 Å². The normalized spacial score (nSPS) is 24.3. The summed E-state index contributed by atoms with van der Waals surface area (Å²) in [6.45, 7) is 2.72. The van der Waals surface area contributed by atoms with Gasteiger partial charge in [0.25, 0.3) is 0 Å². The number of carbonyl (C=O) groups is 1. The first-order valence-electron chi connectivity index (χ1n) is 8.28. The van der Waals surface area contributed by atoms with E-state index in [4.69, 9.17) is 0 Å². The lowest BCUT2D eigenvalue weighted by molar-refractivity contribution is -0.119. The SMILES string of the molecule is Cc1cc(N2CC[C@H](N[C@@H]3CCCc4sccc43)C2=O)n(C)n1. The third-order valence-electron chi connectivity index (χ3n) is 4.91. The standard InChI is InChI=1S/C17H22N4OS/c1-11-10-16(20(2)19-11)21-8-6-14(17(21)22)18-13-4-3-5-15-12(13)7-9-23-15/h7,9-10,13-14,18H,3-6,8H2,1-2H3/t13-,14+/m1/s1. The molecule has 2 aromatic heterocycles. The molecule has 1 aliphatic heterocycles. The number of fused-ring (bicyclic) bond motifs is 1. The van der Waals surface area contributed by atoms with Crippen molar-refractivity contribution in [2.75, 3.05) is 11.4 Å². The Bertz CT molecular complexity index is 735. The van der Waals surface area contributed by atoms with E-state index in [9.17, 15) is 4.79 Å². The summed E-state index contributed by atoms with van der Waals surface area (Å²) in [4.78, 5) is 16.2. The molecule has 6 heteroatoms. The number of hydrogen-bond donors (Lipinski definition) is 1. The Balaban J connectivity index is 1.50. The lowest BCUT2D eigenvalue weighted by Crippen LogP contribution is -2.41. The quantitative estimate of drug-likeness (QED) is 0.941. The second-order valence-corrected chi connectivity index (χ2v) is 7.51. The molecular formula is C17H22N4OS. The summed E-state index contributed by atoms with van der Waals surface area (Å²) in [5, 5.41) is 10.2. The number of aryl methyl sites for hydroxylation is 3. The predicted octanol–water partition coefficient (Wildman–Crippen LogP) is 2.56. The minimum absolute atomic E-state index is 0.0824. The maximum Gasteiger partial charge on any atom is 0.245 e. The van der Waals surface area contributed by atoms with E-state index in [0.717, 1.165) is 30.9 Å². The summed E-state index contributed by atoms with van der Waals surface area (Å²) in [6, 6.07) is 4.45. The molecule has 1 aliphatic carbocycles. The third kappa shape index (κ3) is 2.60. The minimum Gasteiger partial charge on any atom is -0.299 e. The molecule has 0 aromatic carbocycles. The summed E-state index contributed by atoms with van der Waals surface area (Å²) in [5.74, 6) is 1.08. The lowest BCUT2D eigenvalue weighted by Gasteiger charge is -2.26. The average molecular weight is 330 g/mol. The zero-order valence-electron chi connectivity index (χ0n) is 13.6. The van der Waals surface area contributed by atoms with Crippen LogP contribution in [0.1, 0.15) is 41.4 Å². The molecule has 2 atom stereocenters. The third-order valence-corrected chi connectivity index (χ3v) is 5.91. The van der Waals surface area contributed by atoms with Gasteiger partial charge in [-0.25, -0.2) is 0 Å². The minimum atomic E-state index is -0.0824. The first kappa shape index (κ1) is 14.9. The van der Waals surface area contributed by atoms with E-state index in [1.807, 2.05) is 36.3 Å². The zero-order valence-corrected chi connectivity index (χ0v) is 14.4. The predicted molar refractivity (Wildman–Crippen MR) is 91.8 cm³/mol. The van der Waals surface area contributed by atoms with E-state index in [2.05, 4.69) is 21.9 Å². The molecule has 0 spiro atoms. The van der Waals surface area contributed by atoms with E-state index < -0.39 is 0 Å². The number of anilines is 1. The molecular weight excluding hydrogens is 308 g/mol. The highest BCUT2D eigenvalue weighted by Crippen LogP contribution is 2.34. The maximum absolute atomic E-state index is 12.8. The fourth-order valence-electron chi connectivity index (χ4n) is 3.81. The highest BCUT2D eigenvalue weighted by molar-refractivity contribution is 7.10. The van der Waals surface area contributed by atoms with Gasteiger partial charge in [-0.05, 0) is 49.6 Å². The molecule has 0 radical (unpaired) electrons. The highest BCUT2D eigenvalue weighted by Gasteiger charge is 2.36. The van der Waals surface area contributed by atoms with Crippen molar-refractivity contribution >= 4 is 23.1 Å². The molecule has 5 nitrogen and oxygen atoms in total. The Labute approximate surface area is 140 Å². The van der Waals surface area contributed by atoms with Gasteiger partial charge >= 0.3 is 0 Å². The van der Waals surface area contributed by atoms with Crippen molar-refractivity contribution in [2.24, 2.45) is 7.05 Å². The molecule has 4 rings (SSSR count).